The first-order valence-corrected chi connectivity index (χ1v) is 23.5. The normalized spacial score (nSPS) is 13.2. The number of benzene rings is 7. The topological polar surface area (TPSA) is 33.5 Å². The standard InChI is InChI=1S/C62H59N4O.Pt/c1-59(2,3)44-32-33-63-57(37-44)66-53-29-18-17-28-51(53)58-52(62(9,10)43-24-15-12-16-25-43)39-50(40-56(58)66)67-49-27-21-26-47(38-49)64-41-65(55-31-20-19-30-54(55)64)48-35-45(60(4,5)6)34-46(36-48)61(7,8)42-22-13-11-14-23-42;/h11-37,39,41H,1-10H3;/q-3;. The smallest absolute Gasteiger partial charge is 0.135 e. The minimum absolute atomic E-state index is 0. The molecule has 9 aromatic rings. The molecule has 0 unspecified atom stereocenters. The van der Waals surface area contributed by atoms with Gasteiger partial charge in [0.15, 0.2) is 0 Å². The summed E-state index contributed by atoms with van der Waals surface area (Å²) in [6.45, 7) is 25.0. The quantitative estimate of drug-likeness (QED) is 0.135. The van der Waals surface area contributed by atoms with E-state index in [1.165, 1.54) is 27.8 Å². The average Bonchev–Trinajstić information content (AvgIpc) is 3.88. The minimum atomic E-state index is -0.397. The van der Waals surface area contributed by atoms with Crippen molar-refractivity contribution in [2.45, 2.75) is 90.9 Å². The van der Waals surface area contributed by atoms with Crippen LogP contribution in [0.2, 0.25) is 0 Å². The molecule has 1 aliphatic heterocycles. The molecule has 1 aliphatic rings. The fraction of sp³-hybridized carbons (Fsp3) is 0.226. The number of aromatic nitrogens is 2. The van der Waals surface area contributed by atoms with E-state index in [1.807, 2.05) is 18.3 Å². The Balaban J connectivity index is 0.00000578. The third-order valence-electron chi connectivity index (χ3n) is 13.8. The van der Waals surface area contributed by atoms with Gasteiger partial charge in [0.05, 0.1) is 0 Å². The van der Waals surface area contributed by atoms with Crippen molar-refractivity contribution in [1.82, 2.24) is 9.55 Å². The molecule has 0 fully saturated rings. The molecule has 5 nitrogen and oxygen atoms in total. The second-order valence-electron chi connectivity index (χ2n) is 21.1. The zero-order valence-electron chi connectivity index (χ0n) is 40.8. The van der Waals surface area contributed by atoms with Gasteiger partial charge in [0.2, 0.25) is 0 Å². The van der Waals surface area contributed by atoms with Crippen LogP contribution >= 0.6 is 0 Å². The van der Waals surface area contributed by atoms with E-state index < -0.39 is 5.41 Å². The number of hydrogen-bond donors (Lipinski definition) is 0. The summed E-state index contributed by atoms with van der Waals surface area (Å²) in [6, 6.07) is 66.0. The molecule has 0 bridgehead atoms. The molecule has 0 amide bonds. The molecule has 68 heavy (non-hydrogen) atoms. The Morgan fingerprint density at radius 2 is 1.10 bits per heavy atom. The first-order valence-electron chi connectivity index (χ1n) is 23.5. The maximum Gasteiger partial charge on any atom is 0.135 e. The van der Waals surface area contributed by atoms with Crippen molar-refractivity contribution in [1.29, 1.82) is 0 Å². The summed E-state index contributed by atoms with van der Waals surface area (Å²) in [7, 11) is 0. The molecular weight excluding hydrogens is 1010 g/mol. The fourth-order valence-electron chi connectivity index (χ4n) is 9.62. The first-order chi connectivity index (χ1) is 32.0. The van der Waals surface area contributed by atoms with Crippen molar-refractivity contribution in [3.05, 3.63) is 222 Å². The summed E-state index contributed by atoms with van der Waals surface area (Å²) in [6.07, 6.45) is 1.92. The van der Waals surface area contributed by atoms with Crippen molar-refractivity contribution in [2.75, 3.05) is 9.80 Å². The summed E-state index contributed by atoms with van der Waals surface area (Å²) in [4.78, 5) is 9.53. The molecule has 0 saturated carbocycles. The van der Waals surface area contributed by atoms with Crippen LogP contribution in [0, 0.1) is 18.8 Å². The number of anilines is 4. The minimum Gasteiger partial charge on any atom is -0.509 e. The third kappa shape index (κ3) is 8.45. The molecule has 0 saturated heterocycles. The van der Waals surface area contributed by atoms with Crippen molar-refractivity contribution in [2.24, 2.45) is 0 Å². The Labute approximate surface area is 417 Å². The Kier molecular flexibility index (Phi) is 12.1. The van der Waals surface area contributed by atoms with E-state index in [0.29, 0.717) is 11.5 Å². The van der Waals surface area contributed by atoms with Gasteiger partial charge in [-0.2, -0.15) is 6.07 Å². The molecule has 2 aromatic heterocycles. The Morgan fingerprint density at radius 3 is 1.78 bits per heavy atom. The van der Waals surface area contributed by atoms with Crippen molar-refractivity contribution < 1.29 is 25.8 Å². The Bertz CT molecular complexity index is 3280. The van der Waals surface area contributed by atoms with Gasteiger partial charge in [0.1, 0.15) is 5.82 Å². The number of hydrogen-bond acceptors (Lipinski definition) is 4. The van der Waals surface area contributed by atoms with Crippen LogP contribution in [-0.4, -0.2) is 9.55 Å². The maximum atomic E-state index is 6.97. The van der Waals surface area contributed by atoms with Crippen LogP contribution < -0.4 is 14.5 Å². The predicted octanol–water partition coefficient (Wildman–Crippen LogP) is 16.2. The SMILES string of the molecule is CC(C)(C)c1cc(N2[CH-]N(c3[c-]c(Oc4[c-]c5c(c(C(C)(C)c6ccccc6)c4)c4ccccc4n5-c4cc(C(C)(C)C)ccn4)ccc3)c3ccccc32)cc(C(C)(C)c2ccccc2)c1.[Pt]. The third-order valence-corrected chi connectivity index (χ3v) is 13.8. The second kappa shape index (κ2) is 17.6. The maximum absolute atomic E-state index is 6.97. The molecular formula is C62H59N4OPt-3. The summed E-state index contributed by atoms with van der Waals surface area (Å²) in [5.41, 5.74) is 12.8. The zero-order chi connectivity index (χ0) is 46.9. The molecule has 7 aromatic carbocycles. The van der Waals surface area contributed by atoms with E-state index in [4.69, 9.17) is 9.72 Å². The van der Waals surface area contributed by atoms with Gasteiger partial charge in [-0.25, -0.2) is 4.98 Å². The van der Waals surface area contributed by atoms with E-state index >= 15 is 0 Å². The molecule has 0 radical (unpaired) electrons. The van der Waals surface area contributed by atoms with Crippen LogP contribution in [0.5, 0.6) is 11.5 Å². The summed E-state index contributed by atoms with van der Waals surface area (Å²) in [5, 5.41) is 2.28. The van der Waals surface area contributed by atoms with Gasteiger partial charge < -0.3 is 19.1 Å². The van der Waals surface area contributed by atoms with Crippen LogP contribution in [0.15, 0.2) is 170 Å². The zero-order valence-corrected chi connectivity index (χ0v) is 43.0. The van der Waals surface area contributed by atoms with Crippen molar-refractivity contribution >= 4 is 44.6 Å². The molecule has 6 heteroatoms. The van der Waals surface area contributed by atoms with Crippen LogP contribution in [0.1, 0.15) is 103 Å². The van der Waals surface area contributed by atoms with E-state index in [1.54, 1.807) is 0 Å². The van der Waals surface area contributed by atoms with Crippen molar-refractivity contribution in [3.8, 4) is 17.3 Å². The van der Waals surface area contributed by atoms with E-state index in [-0.39, 0.29) is 37.3 Å². The number of fused-ring (bicyclic) bond motifs is 4. The molecule has 10 rings (SSSR count). The average molecular weight is 1070 g/mol. The molecule has 0 spiro atoms. The van der Waals surface area contributed by atoms with Crippen LogP contribution in [0.3, 0.4) is 0 Å². The Morgan fingerprint density at radius 1 is 0.500 bits per heavy atom. The van der Waals surface area contributed by atoms with E-state index in [2.05, 4.69) is 254 Å². The largest absolute Gasteiger partial charge is 0.509 e. The number of para-hydroxylation sites is 3. The van der Waals surface area contributed by atoms with Gasteiger partial charge in [0.25, 0.3) is 0 Å². The summed E-state index contributed by atoms with van der Waals surface area (Å²) >= 11 is 0. The fourth-order valence-corrected chi connectivity index (χ4v) is 9.62. The van der Waals surface area contributed by atoms with Crippen LogP contribution in [0.25, 0.3) is 27.6 Å². The molecule has 3 heterocycles. The number of nitrogens with zero attached hydrogens (tertiary/aromatic N) is 4. The second-order valence-corrected chi connectivity index (χ2v) is 21.1. The van der Waals surface area contributed by atoms with Gasteiger partial charge in [0, 0.05) is 66.8 Å². The van der Waals surface area contributed by atoms with E-state index in [9.17, 15) is 0 Å². The number of pyridine rings is 1. The van der Waals surface area contributed by atoms with E-state index in [0.717, 1.165) is 55.9 Å². The van der Waals surface area contributed by atoms with Crippen LogP contribution in [0.4, 0.5) is 22.7 Å². The predicted molar refractivity (Wildman–Crippen MR) is 279 cm³/mol. The number of ether oxygens (including phenoxy) is 1. The number of rotatable bonds is 9. The summed E-state index contributed by atoms with van der Waals surface area (Å²) in [5.74, 6) is 2.05. The monoisotopic (exact) mass is 1070 g/mol. The van der Waals surface area contributed by atoms with Gasteiger partial charge in [-0.3, -0.25) is 0 Å². The molecule has 0 aliphatic carbocycles. The Hall–Kier alpha value is -6.42. The van der Waals surface area contributed by atoms with Gasteiger partial charge in [-0.05, 0) is 91.9 Å². The van der Waals surface area contributed by atoms with Crippen LogP contribution in [-0.2, 0) is 42.7 Å². The summed E-state index contributed by atoms with van der Waals surface area (Å²) < 4.78 is 9.23. The van der Waals surface area contributed by atoms with Crippen molar-refractivity contribution in [3.63, 3.8) is 0 Å². The molecule has 0 N–H and O–H groups in total. The van der Waals surface area contributed by atoms with Gasteiger partial charge in [-0.1, -0.05) is 177 Å². The molecule has 0 atom stereocenters. The first kappa shape index (κ1) is 46.7. The van der Waals surface area contributed by atoms with Gasteiger partial charge in [-0.15, -0.1) is 48.3 Å². The van der Waals surface area contributed by atoms with Gasteiger partial charge >= 0.3 is 0 Å². The molecule has 346 valence electrons.